The maximum Gasteiger partial charge on any atom is 0.335 e. The SMILES string of the molecule is COc1ccc(OC)c(CCC(=O)O)c1.O=C(O)CCCCCCCCO.O=C(O)c1ccc(N=Cc2cccc([N+](=O)[O-])c2O)cc1. The van der Waals surface area contributed by atoms with Crippen LogP contribution in [0.2, 0.25) is 0 Å². The summed E-state index contributed by atoms with van der Waals surface area (Å²) in [6, 6.07) is 15.2. The lowest BCUT2D eigenvalue weighted by Gasteiger charge is -2.09. The van der Waals surface area contributed by atoms with Crippen LogP contribution >= 0.6 is 0 Å². The van der Waals surface area contributed by atoms with Crippen molar-refractivity contribution >= 4 is 35.5 Å². The average molecular weight is 671 g/mol. The number of aromatic carboxylic acids is 1. The molecular weight excluding hydrogens is 628 g/mol. The molecule has 0 aliphatic heterocycles. The molecule has 3 aromatic carbocycles. The normalized spacial score (nSPS) is 10.2. The smallest absolute Gasteiger partial charge is 0.335 e. The molecule has 14 nitrogen and oxygen atoms in total. The summed E-state index contributed by atoms with van der Waals surface area (Å²) < 4.78 is 10.2. The van der Waals surface area contributed by atoms with E-state index in [0.29, 0.717) is 30.0 Å². The van der Waals surface area contributed by atoms with Gasteiger partial charge in [-0.3, -0.25) is 24.7 Å². The summed E-state index contributed by atoms with van der Waals surface area (Å²) in [5.74, 6) is -1.63. The van der Waals surface area contributed by atoms with Crippen LogP contribution in [0.25, 0.3) is 0 Å². The van der Waals surface area contributed by atoms with Gasteiger partial charge in [-0.05, 0) is 73.4 Å². The summed E-state index contributed by atoms with van der Waals surface area (Å²) in [4.78, 5) is 45.3. The van der Waals surface area contributed by atoms with Crippen LogP contribution < -0.4 is 9.47 Å². The number of ether oxygens (including phenoxy) is 2. The number of hydrogen-bond acceptors (Lipinski definition) is 10. The van der Waals surface area contributed by atoms with Gasteiger partial charge in [0, 0.05) is 37.3 Å². The van der Waals surface area contributed by atoms with E-state index in [4.69, 9.17) is 29.9 Å². The Labute approximate surface area is 278 Å². The summed E-state index contributed by atoms with van der Waals surface area (Å²) in [5, 5.41) is 54.6. The van der Waals surface area contributed by atoms with E-state index < -0.39 is 34.3 Å². The van der Waals surface area contributed by atoms with Gasteiger partial charge in [-0.2, -0.15) is 0 Å². The topological polar surface area (TPSA) is 226 Å². The minimum atomic E-state index is -1.04. The van der Waals surface area contributed by atoms with Crippen molar-refractivity contribution < 1.29 is 54.3 Å². The fourth-order valence-electron chi connectivity index (χ4n) is 4.05. The number of aliphatic hydroxyl groups is 1. The van der Waals surface area contributed by atoms with Gasteiger partial charge in [0.25, 0.3) is 0 Å². The van der Waals surface area contributed by atoms with E-state index >= 15 is 0 Å². The van der Waals surface area contributed by atoms with Gasteiger partial charge in [0.2, 0.25) is 5.75 Å². The maximum atomic E-state index is 10.7. The molecular formula is C34H42N2O12. The van der Waals surface area contributed by atoms with Crippen molar-refractivity contribution in [3.05, 3.63) is 87.5 Å². The summed E-state index contributed by atoms with van der Waals surface area (Å²) >= 11 is 0. The third-order valence-electron chi connectivity index (χ3n) is 6.60. The van der Waals surface area contributed by atoms with Crippen LogP contribution in [0.4, 0.5) is 11.4 Å². The summed E-state index contributed by atoms with van der Waals surface area (Å²) in [5.41, 5.74) is 1.24. The number of carbonyl (C=O) groups is 3. The highest BCUT2D eigenvalue weighted by molar-refractivity contribution is 5.89. The van der Waals surface area contributed by atoms with Gasteiger partial charge < -0.3 is 35.0 Å². The summed E-state index contributed by atoms with van der Waals surface area (Å²) in [6.07, 6.45) is 8.01. The van der Waals surface area contributed by atoms with Gasteiger partial charge in [0.15, 0.2) is 0 Å². The molecule has 0 aliphatic carbocycles. The minimum absolute atomic E-state index is 0.0868. The van der Waals surface area contributed by atoms with E-state index in [-0.39, 0.29) is 24.2 Å². The van der Waals surface area contributed by atoms with E-state index in [1.807, 2.05) is 0 Å². The monoisotopic (exact) mass is 670 g/mol. The van der Waals surface area contributed by atoms with E-state index in [0.717, 1.165) is 44.1 Å². The molecule has 0 fully saturated rings. The van der Waals surface area contributed by atoms with Gasteiger partial charge in [-0.15, -0.1) is 0 Å². The van der Waals surface area contributed by atoms with Crippen molar-refractivity contribution in [3.8, 4) is 17.2 Å². The Morgan fingerprint density at radius 3 is 2.00 bits per heavy atom. The Morgan fingerprint density at radius 1 is 0.833 bits per heavy atom. The second-order valence-electron chi connectivity index (χ2n) is 10.1. The number of rotatable bonds is 17. The van der Waals surface area contributed by atoms with E-state index in [1.165, 1.54) is 48.7 Å². The zero-order valence-corrected chi connectivity index (χ0v) is 26.9. The van der Waals surface area contributed by atoms with E-state index in [2.05, 4.69) is 4.99 Å². The number of carboxylic acids is 3. The molecule has 14 heteroatoms. The highest BCUT2D eigenvalue weighted by Crippen LogP contribution is 2.28. The number of aryl methyl sites for hydroxylation is 1. The second kappa shape index (κ2) is 22.9. The molecule has 0 bridgehead atoms. The number of nitro groups is 1. The predicted octanol–water partition coefficient (Wildman–Crippen LogP) is 6.26. The van der Waals surface area contributed by atoms with E-state index in [9.17, 15) is 29.6 Å². The molecule has 48 heavy (non-hydrogen) atoms. The number of aliphatic imine (C=N–C) groups is 1. The number of hydrogen-bond donors (Lipinski definition) is 5. The third kappa shape index (κ3) is 16.2. The summed E-state index contributed by atoms with van der Waals surface area (Å²) in [6.45, 7) is 0.273. The van der Waals surface area contributed by atoms with Gasteiger partial charge >= 0.3 is 23.6 Å². The van der Waals surface area contributed by atoms with Crippen LogP contribution in [0.3, 0.4) is 0 Å². The average Bonchev–Trinajstić information content (AvgIpc) is 3.06. The molecule has 0 aromatic heterocycles. The number of nitrogens with zero attached hydrogens (tertiary/aromatic N) is 2. The van der Waals surface area contributed by atoms with Crippen molar-refractivity contribution in [1.29, 1.82) is 0 Å². The van der Waals surface area contributed by atoms with Crippen molar-refractivity contribution in [3.63, 3.8) is 0 Å². The highest BCUT2D eigenvalue weighted by atomic mass is 16.6. The minimum Gasteiger partial charge on any atom is -0.502 e. The lowest BCUT2D eigenvalue weighted by atomic mass is 10.1. The molecule has 0 amide bonds. The molecule has 3 aromatic rings. The fraction of sp³-hybridized carbons (Fsp3) is 0.353. The molecule has 0 spiro atoms. The third-order valence-corrected chi connectivity index (χ3v) is 6.60. The standard InChI is InChI=1S/C14H10N2O5.C11H14O4.C9H18O3/c17-13-10(2-1-3-12(13)16(20)21)8-15-11-6-4-9(5-7-11)14(18)19;1-14-9-4-5-10(15-2)8(7-9)3-6-11(12)13;10-8-6-4-2-1-3-5-7-9(11)12/h1-8,17H,(H,18,19);4-5,7H,3,6H2,1-2H3,(H,12,13);10H,1-8H2,(H,11,12). The first-order valence-corrected chi connectivity index (χ1v) is 15.0. The maximum absolute atomic E-state index is 10.7. The van der Waals surface area contributed by atoms with Crippen LogP contribution in [0, 0.1) is 10.1 Å². The number of aliphatic carboxylic acids is 2. The first-order chi connectivity index (χ1) is 22.9. The van der Waals surface area contributed by atoms with Crippen LogP contribution in [0.5, 0.6) is 17.2 Å². The Hall–Kier alpha value is -5.50. The number of benzene rings is 3. The Balaban J connectivity index is 0.000000378. The first-order valence-electron chi connectivity index (χ1n) is 15.0. The van der Waals surface area contributed by atoms with Gasteiger partial charge in [0.1, 0.15) is 11.5 Å². The van der Waals surface area contributed by atoms with Crippen molar-refractivity contribution in [1.82, 2.24) is 0 Å². The first kappa shape index (κ1) is 40.5. The van der Waals surface area contributed by atoms with E-state index in [1.54, 1.807) is 32.4 Å². The molecule has 260 valence electrons. The number of aromatic hydroxyl groups is 1. The van der Waals surface area contributed by atoms with Gasteiger partial charge in [-0.1, -0.05) is 31.7 Å². The molecule has 0 aliphatic rings. The number of unbranched alkanes of at least 4 members (excludes halogenated alkanes) is 5. The Kier molecular flexibility index (Phi) is 19.3. The van der Waals surface area contributed by atoms with Crippen LogP contribution in [-0.2, 0) is 16.0 Å². The number of nitro benzene ring substituents is 1. The molecule has 0 radical (unpaired) electrons. The molecule has 0 saturated carbocycles. The summed E-state index contributed by atoms with van der Waals surface area (Å²) in [7, 11) is 3.13. The van der Waals surface area contributed by atoms with Crippen molar-refractivity contribution in [2.75, 3.05) is 20.8 Å². The van der Waals surface area contributed by atoms with Gasteiger partial charge in [-0.25, -0.2) is 4.79 Å². The lowest BCUT2D eigenvalue weighted by Crippen LogP contribution is -2.00. The highest BCUT2D eigenvalue weighted by Gasteiger charge is 2.15. The zero-order chi connectivity index (χ0) is 35.9. The molecule has 0 unspecified atom stereocenters. The fourth-order valence-corrected chi connectivity index (χ4v) is 4.05. The molecule has 3 rings (SSSR count). The number of methoxy groups -OCH3 is 2. The predicted molar refractivity (Wildman–Crippen MR) is 178 cm³/mol. The number of carboxylic acid groups (broad SMARTS) is 3. The van der Waals surface area contributed by atoms with Crippen molar-refractivity contribution in [2.45, 2.75) is 57.8 Å². The number of phenols is 1. The number of para-hydroxylation sites is 1. The number of aliphatic hydroxyl groups excluding tert-OH is 1. The zero-order valence-electron chi connectivity index (χ0n) is 26.9. The Morgan fingerprint density at radius 2 is 1.46 bits per heavy atom. The van der Waals surface area contributed by atoms with Crippen LogP contribution in [0.1, 0.15) is 72.9 Å². The molecule has 0 saturated heterocycles. The molecule has 5 N–H and O–H groups in total. The van der Waals surface area contributed by atoms with Crippen LogP contribution in [0.15, 0.2) is 65.7 Å². The quantitative estimate of drug-likeness (QED) is 0.0464. The number of phenolic OH excluding ortho intramolecular Hbond substituents is 1. The largest absolute Gasteiger partial charge is 0.502 e. The molecule has 0 heterocycles. The van der Waals surface area contributed by atoms with Crippen LogP contribution in [-0.4, -0.2) is 75.4 Å². The lowest BCUT2D eigenvalue weighted by molar-refractivity contribution is -0.385. The Bertz CT molecular complexity index is 1490. The second-order valence-corrected chi connectivity index (χ2v) is 10.1. The molecule has 0 atom stereocenters. The van der Waals surface area contributed by atoms with Crippen molar-refractivity contribution in [2.24, 2.45) is 4.99 Å². The van der Waals surface area contributed by atoms with Gasteiger partial charge in [0.05, 0.1) is 30.4 Å².